The van der Waals surface area contributed by atoms with Crippen LogP contribution in [0.1, 0.15) is 28.5 Å². The first-order valence-corrected chi connectivity index (χ1v) is 12.0. The molecule has 7 N–H and O–H groups in total. The Labute approximate surface area is 224 Å². The molecule has 2 atom stereocenters. The Kier molecular flexibility index (Phi) is 9.49. The number of hydrogen-bond donors (Lipinski definition) is 7. The molecule has 0 spiro atoms. The number of phenols is 1. The zero-order valence-electron chi connectivity index (χ0n) is 19.4. The van der Waals surface area contributed by atoms with E-state index in [1.165, 1.54) is 31.4 Å². The van der Waals surface area contributed by atoms with Gasteiger partial charge in [-0.3, -0.25) is 19.4 Å². The minimum Gasteiger partial charge on any atom is -0.506 e. The normalized spacial score (nSPS) is 15.6. The average Bonchev–Trinajstić information content (AvgIpc) is 2.85. The number of nitrogens with zero attached hydrogens (tertiary/aromatic N) is 2. The zero-order chi connectivity index (χ0) is 27.1. The number of aliphatic carboxylic acids is 1. The Morgan fingerprint density at radius 1 is 1.30 bits per heavy atom. The number of halogens is 2. The number of ether oxygens (including phenoxy) is 1. The topological polar surface area (TPSA) is 194 Å². The molecular formula is C22H24BrClN6O7. The molecule has 1 aromatic heterocycles. The summed E-state index contributed by atoms with van der Waals surface area (Å²) in [6.45, 7) is -0.00909. The number of aliphatic hydroxyl groups excluding tert-OH is 1. The first-order valence-electron chi connectivity index (χ1n) is 10.8. The maximum atomic E-state index is 12.7. The minimum absolute atomic E-state index is 0.0652. The number of aliphatic hydroxyl groups is 1. The molecule has 1 aliphatic heterocycles. The first kappa shape index (κ1) is 28.0. The second-order valence-electron chi connectivity index (χ2n) is 7.85. The Hall–Kier alpha value is -3.62. The van der Waals surface area contributed by atoms with Crippen LogP contribution < -0.4 is 26.0 Å². The van der Waals surface area contributed by atoms with Gasteiger partial charge in [0.1, 0.15) is 23.0 Å². The fourth-order valence-corrected chi connectivity index (χ4v) is 4.14. The Balaban J connectivity index is 1.68. The van der Waals surface area contributed by atoms with Gasteiger partial charge >= 0.3 is 5.97 Å². The van der Waals surface area contributed by atoms with Crippen LogP contribution in [0.4, 0.5) is 5.82 Å². The molecule has 1 aliphatic rings. The number of guanidine groups is 1. The summed E-state index contributed by atoms with van der Waals surface area (Å²) in [6.07, 6.45) is -1.14. The van der Waals surface area contributed by atoms with E-state index in [9.17, 15) is 29.7 Å². The maximum absolute atomic E-state index is 12.7. The lowest BCUT2D eigenvalue weighted by atomic mass is 10.0. The van der Waals surface area contributed by atoms with E-state index in [0.29, 0.717) is 18.3 Å². The van der Waals surface area contributed by atoms with Gasteiger partial charge in [0.15, 0.2) is 5.96 Å². The molecule has 1 aromatic carbocycles. The third kappa shape index (κ3) is 7.93. The number of methoxy groups -OCH3 is 1. The number of anilines is 1. The van der Waals surface area contributed by atoms with Gasteiger partial charge in [-0.25, -0.2) is 4.98 Å². The molecule has 37 heavy (non-hydrogen) atoms. The van der Waals surface area contributed by atoms with Crippen LogP contribution in [0.3, 0.4) is 0 Å². The van der Waals surface area contributed by atoms with E-state index in [1.807, 2.05) is 0 Å². The summed E-state index contributed by atoms with van der Waals surface area (Å²) in [7, 11) is 1.41. The predicted molar refractivity (Wildman–Crippen MR) is 137 cm³/mol. The van der Waals surface area contributed by atoms with Gasteiger partial charge in [0, 0.05) is 29.3 Å². The van der Waals surface area contributed by atoms with Gasteiger partial charge in [0.25, 0.3) is 5.91 Å². The number of β-amino-alcohol motifs (C(OH)–C–C–N with tert-alkyl or cyclic N) is 1. The van der Waals surface area contributed by atoms with E-state index in [1.54, 1.807) is 0 Å². The van der Waals surface area contributed by atoms with E-state index >= 15 is 0 Å². The number of carbonyl (C=O) groups is 3. The number of carboxylic acid groups (broad SMARTS) is 1. The fraction of sp³-hybridized carbons (Fsp3) is 0.318. The monoisotopic (exact) mass is 598 g/mol. The highest BCUT2D eigenvalue weighted by Gasteiger charge is 2.23. The number of aromatic nitrogens is 1. The van der Waals surface area contributed by atoms with Crippen LogP contribution in [-0.4, -0.2) is 76.9 Å². The molecule has 13 nitrogen and oxygen atoms in total. The van der Waals surface area contributed by atoms with Gasteiger partial charge in [0.2, 0.25) is 5.91 Å². The Bertz CT molecular complexity index is 1230. The number of hydrogen-bond acceptors (Lipinski definition) is 10. The number of nitrogens with one attached hydrogen (secondary N) is 4. The number of amides is 2. The predicted octanol–water partition coefficient (Wildman–Crippen LogP) is 1.01. The fourth-order valence-electron chi connectivity index (χ4n) is 3.30. The van der Waals surface area contributed by atoms with Gasteiger partial charge in [-0.05, 0) is 28.1 Å². The third-order valence-corrected chi connectivity index (χ3v) is 5.86. The summed E-state index contributed by atoms with van der Waals surface area (Å²) in [5.41, 5.74) is 0.0305. The molecule has 0 radical (unpaired) electrons. The van der Waals surface area contributed by atoms with Crippen molar-refractivity contribution in [1.29, 1.82) is 0 Å². The van der Waals surface area contributed by atoms with Gasteiger partial charge in [0.05, 0.1) is 43.2 Å². The van der Waals surface area contributed by atoms with Crippen LogP contribution in [0, 0.1) is 0 Å². The number of rotatable bonds is 9. The van der Waals surface area contributed by atoms with Crippen molar-refractivity contribution in [1.82, 2.24) is 20.9 Å². The van der Waals surface area contributed by atoms with Crippen LogP contribution in [-0.2, 0) is 9.59 Å². The van der Waals surface area contributed by atoms with Crippen molar-refractivity contribution in [2.45, 2.75) is 18.6 Å². The molecule has 0 aliphatic carbocycles. The molecule has 15 heteroatoms. The molecule has 0 bridgehead atoms. The molecule has 2 unspecified atom stereocenters. The summed E-state index contributed by atoms with van der Waals surface area (Å²) in [6, 6.07) is 4.54. The molecule has 0 saturated heterocycles. The van der Waals surface area contributed by atoms with Crippen LogP contribution >= 0.6 is 27.5 Å². The molecule has 3 rings (SSSR count). The lowest BCUT2D eigenvalue weighted by molar-refractivity contribution is -0.137. The summed E-state index contributed by atoms with van der Waals surface area (Å²) in [4.78, 5) is 44.9. The summed E-state index contributed by atoms with van der Waals surface area (Å²) >= 11 is 9.14. The number of aromatic hydroxyl groups is 1. The zero-order valence-corrected chi connectivity index (χ0v) is 21.8. The lowest BCUT2D eigenvalue weighted by Crippen LogP contribution is -2.42. The Morgan fingerprint density at radius 3 is 2.70 bits per heavy atom. The van der Waals surface area contributed by atoms with Crippen LogP contribution in [0.15, 0.2) is 33.7 Å². The van der Waals surface area contributed by atoms with Crippen LogP contribution in [0.25, 0.3) is 0 Å². The SMILES string of the molecule is COc1cc(NC2=NCC(O)CN2)nc(C(=O)NCC(=O)NC(CC(=O)O)c2cc(Cl)cc(Br)c2O)c1. The Morgan fingerprint density at radius 2 is 2.05 bits per heavy atom. The number of carbonyl (C=O) groups excluding carboxylic acids is 2. The largest absolute Gasteiger partial charge is 0.506 e. The summed E-state index contributed by atoms with van der Waals surface area (Å²) in [5, 5.41) is 40.0. The lowest BCUT2D eigenvalue weighted by Gasteiger charge is -2.20. The molecule has 198 valence electrons. The van der Waals surface area contributed by atoms with Crippen LogP contribution in [0.5, 0.6) is 11.5 Å². The van der Waals surface area contributed by atoms with Crippen molar-refractivity contribution < 1.29 is 34.4 Å². The molecule has 0 saturated carbocycles. The average molecular weight is 600 g/mol. The molecule has 0 fully saturated rings. The number of benzene rings is 1. The van der Waals surface area contributed by atoms with Crippen molar-refractivity contribution >= 4 is 57.1 Å². The summed E-state index contributed by atoms with van der Waals surface area (Å²) < 4.78 is 5.44. The minimum atomic E-state index is -1.22. The molecular weight excluding hydrogens is 576 g/mol. The highest BCUT2D eigenvalue weighted by Crippen LogP contribution is 2.36. The molecule has 2 heterocycles. The van der Waals surface area contributed by atoms with Crippen molar-refractivity contribution in [2.24, 2.45) is 4.99 Å². The standard InChI is InChI=1S/C22H24BrClN6O7/c1-37-12-4-16(28-17(5-12)30-22-26-7-11(31)8-27-22)21(36)25-9-18(32)29-15(6-19(33)34)13-2-10(24)3-14(23)20(13)35/h2-5,11,15,31,35H,6-9H2,1H3,(H,25,36)(H,29,32)(H,33,34)(H2,26,27,28,30). The van der Waals surface area contributed by atoms with E-state index < -0.39 is 42.9 Å². The van der Waals surface area contributed by atoms with Crippen molar-refractivity contribution in [2.75, 3.05) is 32.1 Å². The van der Waals surface area contributed by atoms with Gasteiger partial charge < -0.3 is 41.3 Å². The van der Waals surface area contributed by atoms with Gasteiger partial charge in [-0.2, -0.15) is 0 Å². The second-order valence-corrected chi connectivity index (χ2v) is 9.14. The number of aliphatic imine (C=N–C) groups is 1. The van der Waals surface area contributed by atoms with Gasteiger partial charge in [-0.15, -0.1) is 0 Å². The third-order valence-electron chi connectivity index (χ3n) is 5.04. The highest BCUT2D eigenvalue weighted by molar-refractivity contribution is 9.10. The van der Waals surface area contributed by atoms with Crippen LogP contribution in [0.2, 0.25) is 5.02 Å². The van der Waals surface area contributed by atoms with Crippen molar-refractivity contribution in [3.05, 3.63) is 45.0 Å². The van der Waals surface area contributed by atoms with Crippen molar-refractivity contribution in [3.63, 3.8) is 0 Å². The van der Waals surface area contributed by atoms with E-state index in [0.717, 1.165) is 0 Å². The number of pyridine rings is 1. The quantitative estimate of drug-likeness (QED) is 0.219. The summed E-state index contributed by atoms with van der Waals surface area (Å²) in [5.74, 6) is -2.00. The van der Waals surface area contributed by atoms with Crippen molar-refractivity contribution in [3.8, 4) is 11.5 Å². The maximum Gasteiger partial charge on any atom is 0.305 e. The molecule has 2 aromatic rings. The second kappa shape index (κ2) is 12.6. The van der Waals surface area contributed by atoms with E-state index in [2.05, 4.69) is 47.2 Å². The highest BCUT2D eigenvalue weighted by atomic mass is 79.9. The van der Waals surface area contributed by atoms with E-state index in [-0.39, 0.29) is 38.9 Å². The van der Waals surface area contributed by atoms with E-state index in [4.69, 9.17) is 16.3 Å². The smallest absolute Gasteiger partial charge is 0.305 e. The number of carboxylic acids is 1. The first-order chi connectivity index (χ1) is 17.5. The number of phenolic OH excluding ortho intramolecular Hbond substituents is 1. The van der Waals surface area contributed by atoms with Gasteiger partial charge in [-0.1, -0.05) is 11.6 Å². The molecule has 2 amide bonds.